The molecule has 3 N–H and O–H groups in total. The molecule has 11 heteroatoms. The number of guanidine groups is 1. The average molecular weight is 521 g/mol. The van der Waals surface area contributed by atoms with Gasteiger partial charge in [-0.1, -0.05) is 12.1 Å². The monoisotopic (exact) mass is 520 g/mol. The van der Waals surface area contributed by atoms with E-state index < -0.39 is 40.9 Å². The molecule has 0 aromatic heterocycles. The summed E-state index contributed by atoms with van der Waals surface area (Å²) >= 11 is 0. The Morgan fingerprint density at radius 1 is 0.865 bits per heavy atom. The highest BCUT2D eigenvalue weighted by Crippen LogP contribution is 2.17. The number of nitrogens with zero attached hydrogens (tertiary/aromatic N) is 2. The number of anilines is 1. The molecule has 37 heavy (non-hydrogen) atoms. The first-order chi connectivity index (χ1) is 16.7. The molecule has 0 fully saturated rings. The number of aliphatic imine (C=N–C) groups is 1. The molecule has 206 valence electrons. The quantitative estimate of drug-likeness (QED) is 0.236. The van der Waals surface area contributed by atoms with Crippen LogP contribution in [0.1, 0.15) is 80.7 Å². The fourth-order valence-corrected chi connectivity index (χ4v) is 2.76. The van der Waals surface area contributed by atoms with Crippen molar-refractivity contribution >= 4 is 35.7 Å². The zero-order valence-corrected chi connectivity index (χ0v) is 23.3. The molecular formula is C26H40N4O7. The van der Waals surface area contributed by atoms with E-state index in [9.17, 15) is 19.2 Å². The molecule has 0 atom stereocenters. The van der Waals surface area contributed by atoms with Crippen molar-refractivity contribution in [1.29, 1.82) is 0 Å². The number of hydrogen-bond acceptors (Lipinski definition) is 7. The van der Waals surface area contributed by atoms with Crippen LogP contribution in [0, 0.1) is 0 Å². The van der Waals surface area contributed by atoms with E-state index in [0.29, 0.717) is 11.3 Å². The number of nitrogens with one attached hydrogen (secondary N) is 1. The maximum absolute atomic E-state index is 12.9. The number of benzene rings is 1. The number of ether oxygens (including phenoxy) is 3. The highest BCUT2D eigenvalue weighted by Gasteiger charge is 2.26. The summed E-state index contributed by atoms with van der Waals surface area (Å²) in [5, 5.41) is 2.71. The molecule has 1 aromatic rings. The number of amides is 3. The van der Waals surface area contributed by atoms with E-state index in [1.165, 1.54) is 0 Å². The maximum Gasteiger partial charge on any atom is 0.437 e. The molecular weight excluding hydrogens is 480 g/mol. The van der Waals surface area contributed by atoms with E-state index in [-0.39, 0.29) is 25.3 Å². The van der Waals surface area contributed by atoms with Crippen molar-refractivity contribution in [2.75, 3.05) is 5.32 Å². The Morgan fingerprint density at radius 3 is 1.97 bits per heavy atom. The van der Waals surface area contributed by atoms with Gasteiger partial charge >= 0.3 is 18.2 Å². The Kier molecular flexibility index (Phi) is 10.7. The second-order valence-electron chi connectivity index (χ2n) is 11.4. The molecule has 0 aliphatic carbocycles. The van der Waals surface area contributed by atoms with Gasteiger partial charge in [0.1, 0.15) is 16.8 Å². The van der Waals surface area contributed by atoms with E-state index in [1.54, 1.807) is 86.6 Å². The smallest absolute Gasteiger partial charge is 0.437 e. The minimum absolute atomic E-state index is 0.0569. The number of nitrogens with two attached hydrogens (primary N) is 1. The normalized spacial score (nSPS) is 12.4. The van der Waals surface area contributed by atoms with Crippen molar-refractivity contribution in [2.24, 2.45) is 10.7 Å². The van der Waals surface area contributed by atoms with Crippen LogP contribution in [0.3, 0.4) is 0 Å². The van der Waals surface area contributed by atoms with Gasteiger partial charge in [-0.25, -0.2) is 14.5 Å². The average Bonchev–Trinajstić information content (AvgIpc) is 2.66. The van der Waals surface area contributed by atoms with Gasteiger partial charge in [-0.05, 0) is 80.0 Å². The minimum Gasteiger partial charge on any atom is -0.460 e. The third kappa shape index (κ3) is 13.9. The molecule has 0 spiro atoms. The number of rotatable bonds is 6. The molecule has 0 bridgehead atoms. The lowest BCUT2D eigenvalue weighted by Gasteiger charge is -2.27. The van der Waals surface area contributed by atoms with Crippen LogP contribution in [0.25, 0.3) is 0 Å². The van der Waals surface area contributed by atoms with E-state index in [4.69, 9.17) is 19.9 Å². The molecule has 0 aliphatic rings. The summed E-state index contributed by atoms with van der Waals surface area (Å²) in [5.74, 6) is -1.25. The van der Waals surface area contributed by atoms with Crippen LogP contribution in [0.2, 0.25) is 0 Å². The summed E-state index contributed by atoms with van der Waals surface area (Å²) in [6.07, 6.45) is -1.89. The summed E-state index contributed by atoms with van der Waals surface area (Å²) in [4.78, 5) is 53.9. The largest absolute Gasteiger partial charge is 0.460 e. The highest BCUT2D eigenvalue weighted by molar-refractivity contribution is 5.98. The lowest BCUT2D eigenvalue weighted by molar-refractivity contribution is -0.155. The molecule has 1 aromatic carbocycles. The second-order valence-corrected chi connectivity index (χ2v) is 11.4. The lowest BCUT2D eigenvalue weighted by Crippen LogP contribution is -2.44. The van der Waals surface area contributed by atoms with Crippen LogP contribution in [0.15, 0.2) is 29.3 Å². The molecule has 0 saturated heterocycles. The number of esters is 1. The first-order valence-corrected chi connectivity index (χ1v) is 11.9. The fourth-order valence-electron chi connectivity index (χ4n) is 2.76. The Morgan fingerprint density at radius 2 is 1.43 bits per heavy atom. The zero-order chi connectivity index (χ0) is 28.6. The van der Waals surface area contributed by atoms with Crippen LogP contribution < -0.4 is 11.1 Å². The fraction of sp³-hybridized carbons (Fsp3) is 0.577. The van der Waals surface area contributed by atoms with Gasteiger partial charge in [0, 0.05) is 12.1 Å². The van der Waals surface area contributed by atoms with Gasteiger partial charge in [0.25, 0.3) is 0 Å². The van der Waals surface area contributed by atoms with Gasteiger partial charge in [-0.15, -0.1) is 4.99 Å². The van der Waals surface area contributed by atoms with Crippen molar-refractivity contribution in [3.8, 4) is 0 Å². The maximum atomic E-state index is 12.9. The van der Waals surface area contributed by atoms with Crippen molar-refractivity contribution in [2.45, 2.75) is 98.5 Å². The Labute approximate surface area is 218 Å². The minimum atomic E-state index is -0.954. The predicted octanol–water partition coefficient (Wildman–Crippen LogP) is 4.73. The molecule has 0 heterocycles. The third-order valence-corrected chi connectivity index (χ3v) is 4.02. The van der Waals surface area contributed by atoms with Crippen LogP contribution in [0.5, 0.6) is 0 Å². The van der Waals surface area contributed by atoms with E-state index in [1.807, 2.05) is 0 Å². The molecule has 0 radical (unpaired) electrons. The van der Waals surface area contributed by atoms with Gasteiger partial charge in [0.2, 0.25) is 11.9 Å². The van der Waals surface area contributed by atoms with Gasteiger partial charge in [-0.3, -0.25) is 9.59 Å². The highest BCUT2D eigenvalue weighted by atomic mass is 16.6. The summed E-state index contributed by atoms with van der Waals surface area (Å²) in [6, 6.07) is 6.66. The first-order valence-electron chi connectivity index (χ1n) is 11.9. The Balaban J connectivity index is 3.01. The Hall–Kier alpha value is -3.63. The van der Waals surface area contributed by atoms with Crippen LogP contribution >= 0.6 is 0 Å². The van der Waals surface area contributed by atoms with Crippen molar-refractivity contribution in [3.05, 3.63) is 29.8 Å². The summed E-state index contributed by atoms with van der Waals surface area (Å²) in [7, 11) is 0. The third-order valence-electron chi connectivity index (χ3n) is 4.02. The van der Waals surface area contributed by atoms with Crippen molar-refractivity contribution in [3.63, 3.8) is 0 Å². The van der Waals surface area contributed by atoms with E-state index >= 15 is 0 Å². The SMILES string of the molecule is CC(C)(C)OC(=O)CCC(=O)Nc1cccc(CN(C(=O)OC(C)(C)C)C(N)=NC(=O)OC(C)(C)C)c1. The van der Waals surface area contributed by atoms with Gasteiger partial charge in [0.15, 0.2) is 0 Å². The molecule has 1 rings (SSSR count). The van der Waals surface area contributed by atoms with Gasteiger partial charge < -0.3 is 25.3 Å². The second kappa shape index (κ2) is 12.6. The first kappa shape index (κ1) is 31.4. The van der Waals surface area contributed by atoms with Crippen molar-refractivity contribution in [1.82, 2.24) is 4.90 Å². The van der Waals surface area contributed by atoms with Crippen LogP contribution in [-0.2, 0) is 30.3 Å². The summed E-state index contributed by atoms with van der Waals surface area (Å²) in [6.45, 7) is 15.3. The predicted molar refractivity (Wildman–Crippen MR) is 140 cm³/mol. The molecule has 0 aliphatic heterocycles. The van der Waals surface area contributed by atoms with E-state index in [0.717, 1.165) is 4.90 Å². The summed E-state index contributed by atoms with van der Waals surface area (Å²) < 4.78 is 15.8. The zero-order valence-electron chi connectivity index (χ0n) is 23.3. The van der Waals surface area contributed by atoms with Gasteiger partial charge in [0.05, 0.1) is 13.0 Å². The Bertz CT molecular complexity index is 1010. The van der Waals surface area contributed by atoms with E-state index in [2.05, 4.69) is 10.3 Å². The number of hydrogen-bond donors (Lipinski definition) is 2. The summed E-state index contributed by atoms with van der Waals surface area (Å²) in [5.41, 5.74) is 4.75. The van der Waals surface area contributed by atoms with Crippen LogP contribution in [-0.4, -0.2) is 51.7 Å². The lowest BCUT2D eigenvalue weighted by atomic mass is 10.1. The number of carbonyl (C=O) groups is 4. The molecule has 0 saturated carbocycles. The van der Waals surface area contributed by atoms with Crippen molar-refractivity contribution < 1.29 is 33.4 Å². The molecule has 3 amide bonds. The molecule has 11 nitrogen and oxygen atoms in total. The van der Waals surface area contributed by atoms with Gasteiger partial charge in [-0.2, -0.15) is 0 Å². The topological polar surface area (TPSA) is 150 Å². The number of carbonyl (C=O) groups excluding carboxylic acids is 4. The molecule has 0 unspecified atom stereocenters. The standard InChI is InChI=1S/C26H40N4O7/c1-24(2,3)35-20(32)14-13-19(31)28-18-12-10-11-17(15-18)16-30(23(34)37-26(7,8)9)21(27)29-22(33)36-25(4,5)6/h10-12,15H,13-14,16H2,1-9H3,(H,28,31)(H2,27,29,33). The van der Waals surface area contributed by atoms with Crippen LogP contribution in [0.4, 0.5) is 15.3 Å².